The maximum Gasteiger partial charge on any atom is 0.131 e. The van der Waals surface area contributed by atoms with Crippen LogP contribution in [0.4, 0.5) is 13.2 Å². The summed E-state index contributed by atoms with van der Waals surface area (Å²) in [5, 5.41) is 0. The van der Waals surface area contributed by atoms with Crippen molar-refractivity contribution in [3.63, 3.8) is 0 Å². The summed E-state index contributed by atoms with van der Waals surface area (Å²) in [6.45, 7) is 5.46. The molecule has 0 nitrogen and oxygen atoms in total. The number of hydrogen-bond acceptors (Lipinski definition) is 0. The monoisotopic (exact) mass is 318 g/mol. The number of hydrogen-bond donors (Lipinski definition) is 0. The first-order chi connectivity index (χ1) is 10.4. The highest BCUT2D eigenvalue weighted by Crippen LogP contribution is 2.44. The molecule has 2 saturated carbocycles. The molecule has 0 aromatic rings. The van der Waals surface area contributed by atoms with E-state index in [0.29, 0.717) is 18.3 Å². The molecule has 2 fully saturated rings. The third-order valence-corrected chi connectivity index (χ3v) is 6.42. The van der Waals surface area contributed by atoms with Crippen LogP contribution in [-0.2, 0) is 0 Å². The van der Waals surface area contributed by atoms with Crippen molar-refractivity contribution in [1.82, 2.24) is 0 Å². The molecule has 0 saturated heterocycles. The van der Waals surface area contributed by atoms with Gasteiger partial charge in [0.05, 0.1) is 0 Å². The van der Waals surface area contributed by atoms with Crippen molar-refractivity contribution in [3.05, 3.63) is 0 Å². The minimum Gasteiger partial charge on any atom is -0.247 e. The van der Waals surface area contributed by atoms with Crippen molar-refractivity contribution in [2.75, 3.05) is 0 Å². The van der Waals surface area contributed by atoms with Crippen LogP contribution in [0.1, 0.15) is 72.1 Å². The van der Waals surface area contributed by atoms with Gasteiger partial charge in [0.2, 0.25) is 0 Å². The standard InChI is InChI=1S/C19H33F3/c1-12-4-6-15(7-5-12)16-8-9-17(19(22)11-16)13(2)10-18(21)14(3)20/h12-19H,4-11H2,1-3H3. The zero-order valence-corrected chi connectivity index (χ0v) is 14.4. The molecule has 0 aromatic carbocycles. The summed E-state index contributed by atoms with van der Waals surface area (Å²) in [4.78, 5) is 0. The van der Waals surface area contributed by atoms with Gasteiger partial charge in [-0.1, -0.05) is 26.7 Å². The van der Waals surface area contributed by atoms with Crippen LogP contribution in [0.5, 0.6) is 0 Å². The molecule has 22 heavy (non-hydrogen) atoms. The van der Waals surface area contributed by atoms with Crippen LogP contribution in [0.15, 0.2) is 0 Å². The first-order valence-corrected chi connectivity index (χ1v) is 9.30. The van der Waals surface area contributed by atoms with Gasteiger partial charge in [-0.15, -0.1) is 0 Å². The predicted octanol–water partition coefficient (Wildman–Crippen LogP) is 6.29. The SMILES string of the molecule is CC1CCC(C2CCC(C(C)CC(F)C(C)F)C(F)C2)CC1. The minimum absolute atomic E-state index is 0.0597. The van der Waals surface area contributed by atoms with Gasteiger partial charge in [-0.2, -0.15) is 0 Å². The van der Waals surface area contributed by atoms with Crippen molar-refractivity contribution in [2.45, 2.75) is 90.7 Å². The Morgan fingerprint density at radius 3 is 2.05 bits per heavy atom. The number of rotatable bonds is 5. The summed E-state index contributed by atoms with van der Waals surface area (Å²) in [6.07, 6.45) is 4.12. The molecule has 0 bridgehead atoms. The van der Waals surface area contributed by atoms with E-state index in [2.05, 4.69) is 6.92 Å². The molecule has 0 aliphatic heterocycles. The van der Waals surface area contributed by atoms with Crippen LogP contribution in [-0.4, -0.2) is 18.5 Å². The molecule has 2 aliphatic rings. The van der Waals surface area contributed by atoms with Crippen molar-refractivity contribution >= 4 is 0 Å². The molecule has 0 aromatic heterocycles. The highest BCUT2D eigenvalue weighted by molar-refractivity contribution is 4.88. The van der Waals surface area contributed by atoms with Gasteiger partial charge < -0.3 is 0 Å². The summed E-state index contributed by atoms with van der Waals surface area (Å²) in [5.74, 6) is 1.92. The van der Waals surface area contributed by atoms with Gasteiger partial charge in [-0.3, -0.25) is 0 Å². The Balaban J connectivity index is 1.82. The van der Waals surface area contributed by atoms with Crippen LogP contribution >= 0.6 is 0 Å². The van der Waals surface area contributed by atoms with Crippen molar-refractivity contribution in [3.8, 4) is 0 Å². The second-order valence-corrected chi connectivity index (χ2v) is 8.18. The quantitative estimate of drug-likeness (QED) is 0.559. The summed E-state index contributed by atoms with van der Waals surface area (Å²) < 4.78 is 41.2. The minimum atomic E-state index is -1.44. The van der Waals surface area contributed by atoms with E-state index in [1.54, 1.807) is 0 Å². The van der Waals surface area contributed by atoms with Crippen LogP contribution in [0.2, 0.25) is 0 Å². The van der Waals surface area contributed by atoms with E-state index in [1.165, 1.54) is 32.6 Å². The molecule has 0 heterocycles. The lowest BCUT2D eigenvalue weighted by atomic mass is 9.66. The molecule has 6 atom stereocenters. The zero-order valence-electron chi connectivity index (χ0n) is 14.4. The molecule has 0 spiro atoms. The highest BCUT2D eigenvalue weighted by Gasteiger charge is 2.38. The van der Waals surface area contributed by atoms with Crippen LogP contribution < -0.4 is 0 Å². The van der Waals surface area contributed by atoms with Gasteiger partial charge >= 0.3 is 0 Å². The summed E-state index contributed by atoms with van der Waals surface area (Å²) >= 11 is 0. The fraction of sp³-hybridized carbons (Fsp3) is 1.00. The first-order valence-electron chi connectivity index (χ1n) is 9.30. The molecule has 0 radical (unpaired) electrons. The summed E-state index contributed by atoms with van der Waals surface area (Å²) in [6, 6.07) is 0. The van der Waals surface area contributed by atoms with Crippen molar-refractivity contribution in [1.29, 1.82) is 0 Å². The van der Waals surface area contributed by atoms with E-state index in [1.807, 2.05) is 6.92 Å². The molecule has 0 amide bonds. The van der Waals surface area contributed by atoms with Gasteiger partial charge in [0.1, 0.15) is 18.5 Å². The number of halogens is 3. The Kier molecular flexibility index (Phi) is 6.64. The van der Waals surface area contributed by atoms with Crippen molar-refractivity contribution < 1.29 is 13.2 Å². The van der Waals surface area contributed by atoms with E-state index in [9.17, 15) is 13.2 Å². The number of alkyl halides is 3. The van der Waals surface area contributed by atoms with Crippen molar-refractivity contribution in [2.24, 2.45) is 29.6 Å². The second kappa shape index (κ2) is 8.06. The van der Waals surface area contributed by atoms with Gasteiger partial charge in [0.15, 0.2) is 0 Å². The normalized spacial score (nSPS) is 40.9. The molecule has 130 valence electrons. The van der Waals surface area contributed by atoms with E-state index in [0.717, 1.165) is 18.8 Å². The lowest BCUT2D eigenvalue weighted by Gasteiger charge is -2.40. The Hall–Kier alpha value is -0.210. The van der Waals surface area contributed by atoms with Gasteiger partial charge in [0.25, 0.3) is 0 Å². The second-order valence-electron chi connectivity index (χ2n) is 8.18. The Labute approximate surface area is 134 Å². The predicted molar refractivity (Wildman–Crippen MR) is 86.1 cm³/mol. The van der Waals surface area contributed by atoms with E-state index >= 15 is 0 Å². The van der Waals surface area contributed by atoms with Crippen LogP contribution in [0, 0.1) is 29.6 Å². The molecule has 6 unspecified atom stereocenters. The van der Waals surface area contributed by atoms with Crippen LogP contribution in [0.3, 0.4) is 0 Å². The van der Waals surface area contributed by atoms with Gasteiger partial charge in [-0.25, -0.2) is 13.2 Å². The summed E-state index contributed by atoms with van der Waals surface area (Å²) in [5.41, 5.74) is 0. The average Bonchev–Trinajstić information content (AvgIpc) is 2.47. The van der Waals surface area contributed by atoms with E-state index in [4.69, 9.17) is 0 Å². The Morgan fingerprint density at radius 1 is 0.909 bits per heavy atom. The Morgan fingerprint density at radius 2 is 1.50 bits per heavy atom. The first kappa shape index (κ1) is 18.1. The molecule has 0 N–H and O–H groups in total. The molecular formula is C19H33F3. The molecule has 2 aliphatic carbocycles. The maximum atomic E-state index is 14.6. The topological polar surface area (TPSA) is 0 Å². The fourth-order valence-corrected chi connectivity index (χ4v) is 4.71. The average molecular weight is 318 g/mol. The fourth-order valence-electron chi connectivity index (χ4n) is 4.71. The molecule has 2 rings (SSSR count). The molecule has 3 heteroatoms. The van der Waals surface area contributed by atoms with Crippen LogP contribution in [0.25, 0.3) is 0 Å². The lowest BCUT2D eigenvalue weighted by Crippen LogP contribution is -2.35. The maximum absolute atomic E-state index is 14.6. The smallest absolute Gasteiger partial charge is 0.131 e. The molecular weight excluding hydrogens is 285 g/mol. The zero-order chi connectivity index (χ0) is 16.3. The Bertz CT molecular complexity index is 323. The highest BCUT2D eigenvalue weighted by atomic mass is 19.2. The summed E-state index contributed by atoms with van der Waals surface area (Å²) in [7, 11) is 0. The van der Waals surface area contributed by atoms with Gasteiger partial charge in [-0.05, 0) is 75.0 Å². The van der Waals surface area contributed by atoms with Gasteiger partial charge in [0, 0.05) is 0 Å². The largest absolute Gasteiger partial charge is 0.247 e. The third kappa shape index (κ3) is 4.64. The van der Waals surface area contributed by atoms with E-state index < -0.39 is 18.5 Å². The third-order valence-electron chi connectivity index (χ3n) is 6.42. The lowest BCUT2D eigenvalue weighted by molar-refractivity contribution is 0.0388. The van der Waals surface area contributed by atoms with E-state index in [-0.39, 0.29) is 18.3 Å².